The lowest BCUT2D eigenvalue weighted by Gasteiger charge is -2.22. The van der Waals surface area contributed by atoms with Crippen molar-refractivity contribution < 1.29 is 4.79 Å². The SMILES string of the molecule is CC(C)Cn1c(C(C)NC(=O)C(C)(C)C)nc2ccccc21. The molecule has 1 heterocycles. The molecule has 0 aliphatic carbocycles. The number of imidazole rings is 1. The smallest absolute Gasteiger partial charge is 0.225 e. The van der Waals surface area contributed by atoms with Gasteiger partial charge in [0.2, 0.25) is 5.91 Å². The van der Waals surface area contributed by atoms with E-state index in [1.807, 2.05) is 45.9 Å². The lowest BCUT2D eigenvalue weighted by Crippen LogP contribution is -2.37. The average molecular weight is 301 g/mol. The first-order valence-electron chi connectivity index (χ1n) is 7.96. The Labute approximate surface area is 132 Å². The molecule has 1 aromatic carbocycles. The molecule has 1 unspecified atom stereocenters. The van der Waals surface area contributed by atoms with Gasteiger partial charge in [-0.3, -0.25) is 4.79 Å². The van der Waals surface area contributed by atoms with E-state index in [4.69, 9.17) is 4.98 Å². The lowest BCUT2D eigenvalue weighted by atomic mass is 9.95. The zero-order chi connectivity index (χ0) is 16.5. The van der Waals surface area contributed by atoms with Gasteiger partial charge in [0.25, 0.3) is 0 Å². The molecule has 0 spiro atoms. The maximum atomic E-state index is 12.2. The maximum Gasteiger partial charge on any atom is 0.225 e. The van der Waals surface area contributed by atoms with E-state index in [1.54, 1.807) is 0 Å². The van der Waals surface area contributed by atoms with Crippen molar-refractivity contribution in [2.24, 2.45) is 11.3 Å². The van der Waals surface area contributed by atoms with Gasteiger partial charge >= 0.3 is 0 Å². The van der Waals surface area contributed by atoms with Crippen LogP contribution in [0.4, 0.5) is 0 Å². The van der Waals surface area contributed by atoms with Crippen LogP contribution >= 0.6 is 0 Å². The Hall–Kier alpha value is -1.84. The maximum absolute atomic E-state index is 12.2. The number of nitrogens with zero attached hydrogens (tertiary/aromatic N) is 2. The van der Waals surface area contributed by atoms with Crippen molar-refractivity contribution in [1.29, 1.82) is 0 Å². The second-order valence-electron chi connectivity index (χ2n) is 7.41. The predicted octanol–water partition coefficient (Wildman–Crippen LogP) is 3.92. The summed E-state index contributed by atoms with van der Waals surface area (Å²) in [4.78, 5) is 17.0. The van der Waals surface area contributed by atoms with Crippen LogP contribution < -0.4 is 5.32 Å². The van der Waals surface area contributed by atoms with Crippen molar-refractivity contribution in [3.63, 3.8) is 0 Å². The summed E-state index contributed by atoms with van der Waals surface area (Å²) in [5, 5.41) is 3.09. The van der Waals surface area contributed by atoms with Crippen molar-refractivity contribution in [2.75, 3.05) is 0 Å². The number of nitrogens with one attached hydrogen (secondary N) is 1. The summed E-state index contributed by atoms with van der Waals surface area (Å²) in [6.07, 6.45) is 0. The molecule has 1 atom stereocenters. The number of fused-ring (bicyclic) bond motifs is 1. The number of aromatic nitrogens is 2. The minimum absolute atomic E-state index is 0.0446. The minimum Gasteiger partial charge on any atom is -0.346 e. The summed E-state index contributed by atoms with van der Waals surface area (Å²) in [5.41, 5.74) is 1.71. The highest BCUT2D eigenvalue weighted by molar-refractivity contribution is 5.82. The number of hydrogen-bond donors (Lipinski definition) is 1. The quantitative estimate of drug-likeness (QED) is 0.930. The summed E-state index contributed by atoms with van der Waals surface area (Å²) in [7, 11) is 0. The average Bonchev–Trinajstić information content (AvgIpc) is 2.76. The number of benzene rings is 1. The van der Waals surface area contributed by atoms with Gasteiger partial charge in [-0.25, -0.2) is 4.98 Å². The van der Waals surface area contributed by atoms with Crippen molar-refractivity contribution in [2.45, 2.75) is 54.1 Å². The van der Waals surface area contributed by atoms with Crippen LogP contribution in [0.25, 0.3) is 11.0 Å². The van der Waals surface area contributed by atoms with Gasteiger partial charge in [0.05, 0.1) is 17.1 Å². The molecule has 4 heteroatoms. The molecule has 0 saturated heterocycles. The topological polar surface area (TPSA) is 46.9 Å². The Balaban J connectivity index is 2.39. The molecular formula is C18H27N3O. The van der Waals surface area contributed by atoms with Crippen LogP contribution in [-0.2, 0) is 11.3 Å². The van der Waals surface area contributed by atoms with Gasteiger partial charge in [0.1, 0.15) is 5.82 Å². The Morgan fingerprint density at radius 2 is 1.86 bits per heavy atom. The van der Waals surface area contributed by atoms with Crippen molar-refractivity contribution in [3.8, 4) is 0 Å². The fourth-order valence-electron chi connectivity index (χ4n) is 2.46. The Morgan fingerprint density at radius 1 is 1.23 bits per heavy atom. The Morgan fingerprint density at radius 3 is 2.45 bits per heavy atom. The minimum atomic E-state index is -0.400. The monoisotopic (exact) mass is 301 g/mol. The first-order chi connectivity index (χ1) is 10.2. The highest BCUT2D eigenvalue weighted by Crippen LogP contribution is 2.23. The molecule has 2 rings (SSSR count). The van der Waals surface area contributed by atoms with Crippen LogP contribution in [0.15, 0.2) is 24.3 Å². The zero-order valence-electron chi connectivity index (χ0n) is 14.5. The van der Waals surface area contributed by atoms with Gasteiger partial charge in [0.15, 0.2) is 0 Å². The largest absolute Gasteiger partial charge is 0.346 e. The number of amides is 1. The van der Waals surface area contributed by atoms with E-state index < -0.39 is 5.41 Å². The van der Waals surface area contributed by atoms with Gasteiger partial charge in [0, 0.05) is 12.0 Å². The van der Waals surface area contributed by atoms with Crippen LogP contribution in [-0.4, -0.2) is 15.5 Å². The van der Waals surface area contributed by atoms with Gasteiger partial charge in [-0.1, -0.05) is 46.8 Å². The number of rotatable bonds is 4. The molecule has 0 fully saturated rings. The van der Waals surface area contributed by atoms with Crippen molar-refractivity contribution in [3.05, 3.63) is 30.1 Å². The van der Waals surface area contributed by atoms with E-state index in [-0.39, 0.29) is 11.9 Å². The summed E-state index contributed by atoms with van der Waals surface area (Å²) >= 11 is 0. The van der Waals surface area contributed by atoms with Crippen LogP contribution in [0.5, 0.6) is 0 Å². The molecule has 0 saturated carbocycles. The molecule has 2 aromatic rings. The van der Waals surface area contributed by atoms with Gasteiger partial charge in [-0.05, 0) is 25.0 Å². The van der Waals surface area contributed by atoms with Gasteiger partial charge in [-0.15, -0.1) is 0 Å². The summed E-state index contributed by atoms with van der Waals surface area (Å²) in [6.45, 7) is 13.0. The molecule has 4 nitrogen and oxygen atoms in total. The first kappa shape index (κ1) is 16.5. The summed E-state index contributed by atoms with van der Waals surface area (Å²) < 4.78 is 2.23. The molecule has 22 heavy (non-hydrogen) atoms. The van der Waals surface area contributed by atoms with Crippen LogP contribution in [0, 0.1) is 11.3 Å². The molecule has 1 N–H and O–H groups in total. The molecule has 0 aliphatic heterocycles. The van der Waals surface area contributed by atoms with Crippen LogP contribution in [0.3, 0.4) is 0 Å². The van der Waals surface area contributed by atoms with E-state index in [9.17, 15) is 4.79 Å². The second-order valence-corrected chi connectivity index (χ2v) is 7.41. The Bertz CT molecular complexity index is 665. The van der Waals surface area contributed by atoms with Crippen molar-refractivity contribution in [1.82, 2.24) is 14.9 Å². The molecule has 0 aliphatic rings. The van der Waals surface area contributed by atoms with E-state index in [0.29, 0.717) is 5.92 Å². The normalized spacial score (nSPS) is 13.6. The molecule has 0 radical (unpaired) electrons. The highest BCUT2D eigenvalue weighted by atomic mass is 16.2. The van der Waals surface area contributed by atoms with Crippen LogP contribution in [0.2, 0.25) is 0 Å². The van der Waals surface area contributed by atoms with Gasteiger partial charge < -0.3 is 9.88 Å². The number of para-hydroxylation sites is 2. The van der Waals surface area contributed by atoms with E-state index >= 15 is 0 Å². The fourth-order valence-corrected chi connectivity index (χ4v) is 2.46. The van der Waals surface area contributed by atoms with Crippen LogP contribution in [0.1, 0.15) is 53.4 Å². The fraction of sp³-hybridized carbons (Fsp3) is 0.556. The summed E-state index contributed by atoms with van der Waals surface area (Å²) in [6, 6.07) is 8.03. The third kappa shape index (κ3) is 3.49. The highest BCUT2D eigenvalue weighted by Gasteiger charge is 2.25. The number of carbonyl (C=O) groups is 1. The first-order valence-corrected chi connectivity index (χ1v) is 7.96. The third-order valence-electron chi connectivity index (χ3n) is 3.65. The zero-order valence-corrected chi connectivity index (χ0v) is 14.5. The molecule has 120 valence electrons. The van der Waals surface area contributed by atoms with Gasteiger partial charge in [-0.2, -0.15) is 0 Å². The van der Waals surface area contributed by atoms with E-state index in [0.717, 1.165) is 23.4 Å². The molecule has 1 amide bonds. The number of carbonyl (C=O) groups excluding carboxylic acids is 1. The van der Waals surface area contributed by atoms with E-state index in [2.05, 4.69) is 29.8 Å². The number of hydrogen-bond acceptors (Lipinski definition) is 2. The molecule has 0 bridgehead atoms. The second kappa shape index (κ2) is 6.11. The van der Waals surface area contributed by atoms with Crippen molar-refractivity contribution >= 4 is 16.9 Å². The van der Waals surface area contributed by atoms with E-state index in [1.165, 1.54) is 0 Å². The molecule has 1 aromatic heterocycles. The lowest BCUT2D eigenvalue weighted by molar-refractivity contribution is -0.129. The summed E-state index contributed by atoms with van der Waals surface area (Å²) in [5.74, 6) is 1.48. The Kier molecular flexibility index (Phi) is 4.59. The molecular weight excluding hydrogens is 274 g/mol. The third-order valence-corrected chi connectivity index (χ3v) is 3.65. The standard InChI is InChI=1S/C18H27N3O/c1-12(2)11-21-15-10-8-7-9-14(15)20-16(21)13(3)19-17(22)18(4,5)6/h7-10,12-13H,11H2,1-6H3,(H,19,22). The predicted molar refractivity (Wildman–Crippen MR) is 90.6 cm³/mol.